The quantitative estimate of drug-likeness (QED) is 0.926. The van der Waals surface area contributed by atoms with E-state index in [9.17, 15) is 8.42 Å². The molecule has 84 valence electrons. The number of rotatable bonds is 3. The first kappa shape index (κ1) is 11.6. The summed E-state index contributed by atoms with van der Waals surface area (Å²) in [6.45, 7) is 0.760. The van der Waals surface area contributed by atoms with Gasteiger partial charge in [0.15, 0.2) is 9.84 Å². The van der Waals surface area contributed by atoms with Gasteiger partial charge in [-0.25, -0.2) is 8.42 Å². The number of hydrogen-bond donors (Lipinski definition) is 1. The maximum absolute atomic E-state index is 11.2. The Balaban J connectivity index is 1.85. The van der Waals surface area contributed by atoms with Crippen LogP contribution in [0.25, 0.3) is 0 Å². The van der Waals surface area contributed by atoms with Crippen LogP contribution in [0.1, 0.15) is 11.3 Å². The van der Waals surface area contributed by atoms with Gasteiger partial charge in [0, 0.05) is 17.5 Å². The third kappa shape index (κ3) is 3.27. The largest absolute Gasteiger partial charge is 0.308 e. The van der Waals surface area contributed by atoms with Crippen molar-refractivity contribution in [2.75, 3.05) is 11.5 Å². The van der Waals surface area contributed by atoms with E-state index in [-0.39, 0.29) is 6.04 Å². The van der Waals surface area contributed by atoms with Crippen LogP contribution < -0.4 is 5.32 Å². The van der Waals surface area contributed by atoms with Crippen LogP contribution in [0, 0.1) is 0 Å². The lowest BCUT2D eigenvalue weighted by Crippen LogP contribution is -2.29. The van der Waals surface area contributed by atoms with E-state index in [0.717, 1.165) is 16.8 Å². The van der Waals surface area contributed by atoms with Crippen LogP contribution in [-0.2, 0) is 16.4 Å². The number of thiophene rings is 1. The average Bonchev–Trinajstić information content (AvgIpc) is 2.69. The zero-order valence-corrected chi connectivity index (χ0v) is 11.3. The molecule has 0 aromatic carbocycles. The summed E-state index contributed by atoms with van der Waals surface area (Å²) in [7, 11) is -2.76. The van der Waals surface area contributed by atoms with Crippen molar-refractivity contribution in [3.63, 3.8) is 0 Å². The highest BCUT2D eigenvalue weighted by Crippen LogP contribution is 2.22. The van der Waals surface area contributed by atoms with Gasteiger partial charge in [0.05, 0.1) is 15.3 Å². The molecule has 2 heterocycles. The van der Waals surface area contributed by atoms with Gasteiger partial charge in [0.1, 0.15) is 0 Å². The van der Waals surface area contributed by atoms with Crippen LogP contribution in [-0.4, -0.2) is 26.0 Å². The molecular weight excluding hydrogens is 298 g/mol. The molecule has 0 amide bonds. The van der Waals surface area contributed by atoms with Crippen molar-refractivity contribution in [3.05, 3.63) is 20.8 Å². The fourth-order valence-electron chi connectivity index (χ4n) is 1.65. The van der Waals surface area contributed by atoms with Crippen molar-refractivity contribution in [3.8, 4) is 0 Å². The van der Waals surface area contributed by atoms with Gasteiger partial charge >= 0.3 is 0 Å². The molecule has 1 fully saturated rings. The summed E-state index contributed by atoms with van der Waals surface area (Å²) in [4.78, 5) is 1.23. The molecule has 1 aromatic rings. The molecular formula is C9H12BrNO2S2. The predicted octanol–water partition coefficient (Wildman–Crippen LogP) is 1.79. The van der Waals surface area contributed by atoms with Crippen LogP contribution in [0.2, 0.25) is 0 Å². The summed E-state index contributed by atoms with van der Waals surface area (Å²) in [5, 5.41) is 3.28. The lowest BCUT2D eigenvalue weighted by molar-refractivity contribution is 0.557. The van der Waals surface area contributed by atoms with Gasteiger partial charge in [-0.05, 0) is 34.5 Å². The first-order valence-corrected chi connectivity index (χ1v) is 8.16. The highest BCUT2D eigenvalue weighted by molar-refractivity contribution is 9.11. The zero-order valence-electron chi connectivity index (χ0n) is 8.07. The minimum absolute atomic E-state index is 0.135. The Labute approximate surface area is 102 Å². The second kappa shape index (κ2) is 4.53. The molecule has 0 spiro atoms. The third-order valence-corrected chi connectivity index (χ3v) is 5.82. The molecule has 2 rings (SSSR count). The summed E-state index contributed by atoms with van der Waals surface area (Å²) in [5.74, 6) is 0.623. The predicted molar refractivity (Wildman–Crippen MR) is 65.9 cm³/mol. The molecule has 0 saturated carbocycles. The van der Waals surface area contributed by atoms with Crippen LogP contribution >= 0.6 is 27.3 Å². The van der Waals surface area contributed by atoms with E-state index in [2.05, 4.69) is 21.2 Å². The van der Waals surface area contributed by atoms with E-state index in [0.29, 0.717) is 11.5 Å². The van der Waals surface area contributed by atoms with Gasteiger partial charge in [-0.2, -0.15) is 0 Å². The average molecular weight is 310 g/mol. The van der Waals surface area contributed by atoms with Crippen molar-refractivity contribution >= 4 is 37.1 Å². The van der Waals surface area contributed by atoms with Crippen molar-refractivity contribution < 1.29 is 8.42 Å². The van der Waals surface area contributed by atoms with E-state index in [1.54, 1.807) is 11.3 Å². The van der Waals surface area contributed by atoms with Crippen molar-refractivity contribution in [1.29, 1.82) is 0 Å². The van der Waals surface area contributed by atoms with Crippen molar-refractivity contribution in [2.24, 2.45) is 0 Å². The Hall–Kier alpha value is 0.0900. The summed E-state index contributed by atoms with van der Waals surface area (Å²) in [6, 6.07) is 4.19. The van der Waals surface area contributed by atoms with Crippen molar-refractivity contribution in [2.45, 2.75) is 19.0 Å². The standard InChI is InChI=1S/C9H12BrNO2S2/c10-9-2-1-8(14-9)5-11-7-3-4-15(12,13)6-7/h1-2,7,11H,3-6H2. The van der Waals surface area contributed by atoms with Gasteiger partial charge in [-0.3, -0.25) is 0 Å². The molecule has 1 aliphatic rings. The molecule has 1 aromatic heterocycles. The number of nitrogens with one attached hydrogen (secondary N) is 1. The van der Waals surface area contributed by atoms with Crippen LogP contribution in [0.3, 0.4) is 0 Å². The zero-order chi connectivity index (χ0) is 10.9. The smallest absolute Gasteiger partial charge is 0.151 e. The second-order valence-corrected chi connectivity index (χ2v) is 8.46. The highest BCUT2D eigenvalue weighted by atomic mass is 79.9. The lowest BCUT2D eigenvalue weighted by Gasteiger charge is -2.08. The first-order chi connectivity index (χ1) is 7.05. The van der Waals surface area contributed by atoms with Gasteiger partial charge in [0.25, 0.3) is 0 Å². The molecule has 1 unspecified atom stereocenters. The van der Waals surface area contributed by atoms with Gasteiger partial charge in [0.2, 0.25) is 0 Å². The van der Waals surface area contributed by atoms with E-state index in [1.165, 1.54) is 4.88 Å². The summed E-state index contributed by atoms with van der Waals surface area (Å²) in [6.07, 6.45) is 0.745. The Morgan fingerprint density at radius 2 is 2.33 bits per heavy atom. The fraction of sp³-hybridized carbons (Fsp3) is 0.556. The minimum atomic E-state index is -2.76. The van der Waals surface area contributed by atoms with Gasteiger partial charge in [-0.15, -0.1) is 11.3 Å². The molecule has 0 aliphatic carbocycles. The van der Waals surface area contributed by atoms with Crippen LogP contribution in [0.5, 0.6) is 0 Å². The van der Waals surface area contributed by atoms with E-state index >= 15 is 0 Å². The molecule has 1 N–H and O–H groups in total. The SMILES string of the molecule is O=S1(=O)CCC(NCc2ccc(Br)s2)C1. The number of hydrogen-bond acceptors (Lipinski definition) is 4. The summed E-state index contributed by atoms with van der Waals surface area (Å²) >= 11 is 5.07. The van der Waals surface area contributed by atoms with Gasteiger partial charge < -0.3 is 5.32 Å². The Kier molecular flexibility index (Phi) is 3.49. The normalized spacial score (nSPS) is 24.5. The molecule has 1 atom stereocenters. The Morgan fingerprint density at radius 3 is 2.87 bits per heavy atom. The molecule has 0 radical (unpaired) electrons. The van der Waals surface area contributed by atoms with Crippen molar-refractivity contribution in [1.82, 2.24) is 5.32 Å². The summed E-state index contributed by atoms with van der Waals surface area (Å²) < 4.78 is 23.5. The number of sulfone groups is 1. The topological polar surface area (TPSA) is 46.2 Å². The number of halogens is 1. The maximum atomic E-state index is 11.2. The monoisotopic (exact) mass is 309 g/mol. The second-order valence-electron chi connectivity index (χ2n) is 3.69. The molecule has 1 saturated heterocycles. The first-order valence-electron chi connectivity index (χ1n) is 4.73. The fourth-order valence-corrected chi connectivity index (χ4v) is 4.79. The summed E-state index contributed by atoms with van der Waals surface area (Å²) in [5.41, 5.74) is 0. The Bertz CT molecular complexity index is 441. The molecule has 6 heteroatoms. The molecule has 0 bridgehead atoms. The van der Waals surface area contributed by atoms with Gasteiger partial charge in [-0.1, -0.05) is 0 Å². The van der Waals surface area contributed by atoms with Crippen LogP contribution in [0.4, 0.5) is 0 Å². The van der Waals surface area contributed by atoms with E-state index < -0.39 is 9.84 Å². The maximum Gasteiger partial charge on any atom is 0.151 e. The van der Waals surface area contributed by atoms with Crippen LogP contribution in [0.15, 0.2) is 15.9 Å². The highest BCUT2D eigenvalue weighted by Gasteiger charge is 2.27. The lowest BCUT2D eigenvalue weighted by atomic mass is 10.2. The third-order valence-electron chi connectivity index (χ3n) is 2.43. The Morgan fingerprint density at radius 1 is 1.53 bits per heavy atom. The molecule has 3 nitrogen and oxygen atoms in total. The van der Waals surface area contributed by atoms with E-state index in [1.807, 2.05) is 12.1 Å². The van der Waals surface area contributed by atoms with E-state index in [4.69, 9.17) is 0 Å². The molecule has 1 aliphatic heterocycles. The molecule has 15 heavy (non-hydrogen) atoms. The minimum Gasteiger partial charge on any atom is -0.308 e.